The highest BCUT2D eigenvalue weighted by atomic mass is 35.5. The first-order chi connectivity index (χ1) is 9.66. The minimum atomic E-state index is -0.705. The molecule has 0 saturated heterocycles. The van der Waals surface area contributed by atoms with Crippen LogP contribution in [0.2, 0.25) is 0 Å². The van der Waals surface area contributed by atoms with E-state index in [9.17, 15) is 9.18 Å². The molecule has 2 aromatic carbocycles. The topological polar surface area (TPSA) is 29.1 Å². The molecular weight excluding hydrogens is 277 g/mol. The summed E-state index contributed by atoms with van der Waals surface area (Å²) in [5.41, 5.74) is 1.61. The van der Waals surface area contributed by atoms with Crippen LogP contribution in [0.3, 0.4) is 0 Å². The van der Waals surface area contributed by atoms with E-state index in [0.717, 1.165) is 11.1 Å². The van der Waals surface area contributed by atoms with E-state index in [1.165, 1.54) is 12.1 Å². The fourth-order valence-corrected chi connectivity index (χ4v) is 2.11. The van der Waals surface area contributed by atoms with E-state index >= 15 is 0 Å². The van der Waals surface area contributed by atoms with Crippen molar-refractivity contribution in [1.82, 2.24) is 5.32 Å². The predicted molar refractivity (Wildman–Crippen MR) is 78.1 cm³/mol. The first-order valence-corrected chi connectivity index (χ1v) is 6.81. The third-order valence-corrected chi connectivity index (χ3v) is 3.37. The van der Waals surface area contributed by atoms with Crippen LogP contribution in [0.5, 0.6) is 0 Å². The van der Waals surface area contributed by atoms with Gasteiger partial charge in [-0.2, -0.15) is 0 Å². The summed E-state index contributed by atoms with van der Waals surface area (Å²) in [7, 11) is 0. The molecule has 0 radical (unpaired) electrons. The van der Waals surface area contributed by atoms with Crippen molar-refractivity contribution in [2.75, 3.05) is 6.54 Å². The van der Waals surface area contributed by atoms with Gasteiger partial charge in [0.05, 0.1) is 0 Å². The quantitative estimate of drug-likeness (QED) is 0.840. The zero-order chi connectivity index (χ0) is 14.4. The van der Waals surface area contributed by atoms with Crippen LogP contribution in [-0.4, -0.2) is 12.5 Å². The molecule has 0 spiro atoms. The maximum Gasteiger partial charge on any atom is 0.242 e. The molecule has 0 saturated carbocycles. The number of carbonyl (C=O) groups excluding carboxylic acids is 1. The minimum absolute atomic E-state index is 0.241. The molecule has 1 amide bonds. The number of carbonyl (C=O) groups is 1. The van der Waals surface area contributed by atoms with Crippen LogP contribution in [0.1, 0.15) is 16.5 Å². The monoisotopic (exact) mass is 291 g/mol. The predicted octanol–water partition coefficient (Wildman–Crippen LogP) is 3.46. The van der Waals surface area contributed by atoms with E-state index in [-0.39, 0.29) is 11.7 Å². The molecule has 0 aromatic heterocycles. The Labute approximate surface area is 122 Å². The van der Waals surface area contributed by atoms with Gasteiger partial charge >= 0.3 is 0 Å². The van der Waals surface area contributed by atoms with Crippen molar-refractivity contribution in [2.45, 2.75) is 11.8 Å². The standard InChI is InChI=1S/C16H15ClFNO/c17-15(13-6-2-1-3-7-13)16(20)19-10-9-12-5-4-8-14(18)11-12/h1-8,11,15H,9-10H2,(H,19,20). The molecule has 1 N–H and O–H groups in total. The molecule has 4 heteroatoms. The normalized spacial score (nSPS) is 11.9. The lowest BCUT2D eigenvalue weighted by molar-refractivity contribution is -0.120. The Balaban J connectivity index is 1.83. The van der Waals surface area contributed by atoms with Gasteiger partial charge in [0.15, 0.2) is 0 Å². The summed E-state index contributed by atoms with van der Waals surface area (Å²) in [4.78, 5) is 11.9. The molecule has 104 valence electrons. The van der Waals surface area contributed by atoms with Crippen molar-refractivity contribution in [2.24, 2.45) is 0 Å². The van der Waals surface area contributed by atoms with Crippen LogP contribution < -0.4 is 5.32 Å². The number of hydrogen-bond donors (Lipinski definition) is 1. The average Bonchev–Trinajstić information content (AvgIpc) is 2.47. The second kappa shape index (κ2) is 7.06. The van der Waals surface area contributed by atoms with Crippen molar-refractivity contribution in [3.05, 3.63) is 71.5 Å². The SMILES string of the molecule is O=C(NCCc1cccc(F)c1)C(Cl)c1ccccc1. The van der Waals surface area contributed by atoms with Crippen molar-refractivity contribution >= 4 is 17.5 Å². The first kappa shape index (κ1) is 14.5. The van der Waals surface area contributed by atoms with Crippen molar-refractivity contribution in [3.8, 4) is 0 Å². The van der Waals surface area contributed by atoms with Crippen molar-refractivity contribution < 1.29 is 9.18 Å². The summed E-state index contributed by atoms with van der Waals surface area (Å²) in [6.07, 6.45) is 0.571. The number of amides is 1. The molecule has 2 rings (SSSR count). The van der Waals surface area contributed by atoms with Crippen LogP contribution in [0.4, 0.5) is 4.39 Å². The third kappa shape index (κ3) is 4.07. The van der Waals surface area contributed by atoms with Gasteiger partial charge in [-0.3, -0.25) is 4.79 Å². The van der Waals surface area contributed by atoms with Gasteiger partial charge in [0.2, 0.25) is 5.91 Å². The maximum atomic E-state index is 13.0. The Morgan fingerprint density at radius 1 is 1.15 bits per heavy atom. The number of halogens is 2. The number of rotatable bonds is 5. The molecular formula is C16H15ClFNO. The smallest absolute Gasteiger partial charge is 0.242 e. The Morgan fingerprint density at radius 2 is 1.90 bits per heavy atom. The van der Waals surface area contributed by atoms with E-state index in [2.05, 4.69) is 5.32 Å². The number of hydrogen-bond acceptors (Lipinski definition) is 1. The number of nitrogens with one attached hydrogen (secondary N) is 1. The molecule has 0 aliphatic heterocycles. The number of benzene rings is 2. The summed E-state index contributed by atoms with van der Waals surface area (Å²) in [6.45, 7) is 0.429. The van der Waals surface area contributed by atoms with Gasteiger partial charge in [-0.25, -0.2) is 4.39 Å². The van der Waals surface area contributed by atoms with E-state index < -0.39 is 5.38 Å². The second-order valence-electron chi connectivity index (χ2n) is 4.44. The Morgan fingerprint density at radius 3 is 2.60 bits per heavy atom. The molecule has 2 nitrogen and oxygen atoms in total. The highest BCUT2D eigenvalue weighted by Crippen LogP contribution is 2.19. The largest absolute Gasteiger partial charge is 0.354 e. The van der Waals surface area contributed by atoms with Crippen LogP contribution in [-0.2, 0) is 11.2 Å². The van der Waals surface area contributed by atoms with Crippen LogP contribution >= 0.6 is 11.6 Å². The minimum Gasteiger partial charge on any atom is -0.354 e. The molecule has 0 heterocycles. The third-order valence-electron chi connectivity index (χ3n) is 2.92. The van der Waals surface area contributed by atoms with Gasteiger partial charge in [0.25, 0.3) is 0 Å². The molecule has 0 aliphatic carbocycles. The maximum absolute atomic E-state index is 13.0. The lowest BCUT2D eigenvalue weighted by Gasteiger charge is -2.10. The molecule has 1 unspecified atom stereocenters. The summed E-state index contributed by atoms with van der Waals surface area (Å²) in [5.74, 6) is -0.511. The van der Waals surface area contributed by atoms with Crippen molar-refractivity contribution in [3.63, 3.8) is 0 Å². The first-order valence-electron chi connectivity index (χ1n) is 6.38. The Bertz CT molecular complexity index is 574. The van der Waals surface area contributed by atoms with E-state index in [4.69, 9.17) is 11.6 Å². The average molecular weight is 292 g/mol. The van der Waals surface area contributed by atoms with Gasteiger partial charge < -0.3 is 5.32 Å². The van der Waals surface area contributed by atoms with Crippen LogP contribution in [0.15, 0.2) is 54.6 Å². The van der Waals surface area contributed by atoms with Gasteiger partial charge in [0, 0.05) is 6.54 Å². The lowest BCUT2D eigenvalue weighted by Crippen LogP contribution is -2.28. The molecule has 0 fully saturated rings. The Hall–Kier alpha value is -1.87. The van der Waals surface area contributed by atoms with E-state index in [1.807, 2.05) is 36.4 Å². The summed E-state index contributed by atoms with van der Waals surface area (Å²) < 4.78 is 13.0. The lowest BCUT2D eigenvalue weighted by atomic mass is 10.1. The summed E-state index contributed by atoms with van der Waals surface area (Å²) in [6, 6.07) is 15.5. The molecule has 0 bridgehead atoms. The zero-order valence-corrected chi connectivity index (χ0v) is 11.6. The van der Waals surface area contributed by atoms with Gasteiger partial charge in [0.1, 0.15) is 11.2 Å². The summed E-state index contributed by atoms with van der Waals surface area (Å²) >= 11 is 6.09. The van der Waals surface area contributed by atoms with E-state index in [1.54, 1.807) is 6.07 Å². The summed E-state index contributed by atoms with van der Waals surface area (Å²) in [5, 5.41) is 2.05. The van der Waals surface area contributed by atoms with Crippen LogP contribution in [0.25, 0.3) is 0 Å². The Kier molecular flexibility index (Phi) is 5.13. The molecule has 0 aliphatic rings. The van der Waals surface area contributed by atoms with Gasteiger partial charge in [-0.15, -0.1) is 11.6 Å². The highest BCUT2D eigenvalue weighted by Gasteiger charge is 2.16. The fraction of sp³-hybridized carbons (Fsp3) is 0.188. The van der Waals surface area contributed by atoms with Gasteiger partial charge in [-0.05, 0) is 29.7 Å². The highest BCUT2D eigenvalue weighted by molar-refractivity contribution is 6.30. The molecule has 20 heavy (non-hydrogen) atoms. The molecule has 1 atom stereocenters. The zero-order valence-electron chi connectivity index (χ0n) is 10.9. The fourth-order valence-electron chi connectivity index (χ4n) is 1.89. The van der Waals surface area contributed by atoms with Crippen molar-refractivity contribution in [1.29, 1.82) is 0 Å². The van der Waals surface area contributed by atoms with E-state index in [0.29, 0.717) is 13.0 Å². The number of alkyl halides is 1. The molecule has 2 aromatic rings. The second-order valence-corrected chi connectivity index (χ2v) is 4.88. The van der Waals surface area contributed by atoms with Crippen LogP contribution in [0, 0.1) is 5.82 Å². The van der Waals surface area contributed by atoms with Gasteiger partial charge in [-0.1, -0.05) is 42.5 Å².